The van der Waals surface area contributed by atoms with Gasteiger partial charge >= 0.3 is 0 Å². The molecule has 0 radical (unpaired) electrons. The highest BCUT2D eigenvalue weighted by molar-refractivity contribution is 5.85. The molecule has 0 fully saturated rings. The summed E-state index contributed by atoms with van der Waals surface area (Å²) < 4.78 is 0. The van der Waals surface area contributed by atoms with Crippen LogP contribution < -0.4 is 21.3 Å². The maximum Gasteiger partial charge on any atom is 0.223 e. The van der Waals surface area contributed by atoms with Crippen LogP contribution in [-0.4, -0.2) is 50.1 Å². The van der Waals surface area contributed by atoms with Crippen molar-refractivity contribution in [1.82, 2.24) is 21.3 Å². The lowest BCUT2D eigenvalue weighted by Crippen LogP contribution is -2.41. The Labute approximate surface area is 141 Å². The van der Waals surface area contributed by atoms with Crippen molar-refractivity contribution in [1.29, 1.82) is 0 Å². The van der Waals surface area contributed by atoms with Gasteiger partial charge < -0.3 is 21.3 Å². The molecular formula is C17H36N4O2. The van der Waals surface area contributed by atoms with E-state index in [1.54, 1.807) is 0 Å². The number of amides is 2. The molecule has 1 atom stereocenters. The Morgan fingerprint density at radius 2 is 1.22 bits per heavy atom. The summed E-state index contributed by atoms with van der Waals surface area (Å²) in [7, 11) is 0. The standard InChI is InChI=1S/C17H36N4O2/c1-12(2)15(17(23)21-10-8-19-14(5)6)11-16(22)20-9-7-18-13(3)4/h12-15,18-19H,7-11H2,1-6H3,(H,20,22)(H,21,23). The van der Waals surface area contributed by atoms with Gasteiger partial charge in [0.1, 0.15) is 0 Å². The third kappa shape index (κ3) is 12.0. The summed E-state index contributed by atoms with van der Waals surface area (Å²) in [6, 6.07) is 0.804. The predicted octanol–water partition coefficient (Wildman–Crippen LogP) is 0.877. The topological polar surface area (TPSA) is 82.3 Å². The second kappa shape index (κ2) is 12.3. The Kier molecular flexibility index (Phi) is 11.7. The highest BCUT2D eigenvalue weighted by Gasteiger charge is 2.24. The maximum absolute atomic E-state index is 12.3. The third-order valence-corrected chi connectivity index (χ3v) is 3.52. The Bertz CT molecular complexity index is 343. The number of carbonyl (C=O) groups is 2. The van der Waals surface area contributed by atoms with Crippen LogP contribution in [0.15, 0.2) is 0 Å². The maximum atomic E-state index is 12.3. The van der Waals surface area contributed by atoms with Crippen molar-refractivity contribution in [2.75, 3.05) is 26.2 Å². The molecule has 0 saturated heterocycles. The van der Waals surface area contributed by atoms with E-state index in [-0.39, 0.29) is 30.1 Å². The molecule has 1 unspecified atom stereocenters. The van der Waals surface area contributed by atoms with Gasteiger partial charge in [0.15, 0.2) is 0 Å². The van der Waals surface area contributed by atoms with Gasteiger partial charge in [0.2, 0.25) is 11.8 Å². The summed E-state index contributed by atoms with van der Waals surface area (Å²) in [5, 5.41) is 12.3. The second-order valence-corrected chi connectivity index (χ2v) is 6.91. The normalized spacial score (nSPS) is 12.7. The number of rotatable bonds is 12. The first-order valence-electron chi connectivity index (χ1n) is 8.75. The molecule has 0 aliphatic rings. The van der Waals surface area contributed by atoms with Gasteiger partial charge in [0.25, 0.3) is 0 Å². The Balaban J connectivity index is 4.13. The minimum absolute atomic E-state index is 0.0407. The minimum atomic E-state index is -0.285. The van der Waals surface area contributed by atoms with Crippen LogP contribution in [0.4, 0.5) is 0 Å². The molecule has 0 aromatic carbocycles. The van der Waals surface area contributed by atoms with Gasteiger partial charge in [-0.15, -0.1) is 0 Å². The first kappa shape index (κ1) is 21.9. The van der Waals surface area contributed by atoms with Crippen molar-refractivity contribution in [2.24, 2.45) is 11.8 Å². The van der Waals surface area contributed by atoms with Crippen LogP contribution in [0.5, 0.6) is 0 Å². The van der Waals surface area contributed by atoms with Crippen LogP contribution in [0.25, 0.3) is 0 Å². The fourth-order valence-corrected chi connectivity index (χ4v) is 2.14. The molecular weight excluding hydrogens is 292 g/mol. The molecule has 4 N–H and O–H groups in total. The molecule has 0 aliphatic heterocycles. The molecule has 136 valence electrons. The molecule has 23 heavy (non-hydrogen) atoms. The molecule has 6 heteroatoms. The molecule has 0 rings (SSSR count). The SMILES string of the molecule is CC(C)NCCNC(=O)CC(C(=O)NCCNC(C)C)C(C)C. The highest BCUT2D eigenvalue weighted by Crippen LogP contribution is 2.15. The summed E-state index contributed by atoms with van der Waals surface area (Å²) in [6.07, 6.45) is 0.239. The van der Waals surface area contributed by atoms with Gasteiger partial charge in [-0.25, -0.2) is 0 Å². The quantitative estimate of drug-likeness (QED) is 0.401. The van der Waals surface area contributed by atoms with Crippen LogP contribution in [0.1, 0.15) is 48.0 Å². The zero-order valence-corrected chi connectivity index (χ0v) is 15.7. The van der Waals surface area contributed by atoms with E-state index >= 15 is 0 Å². The largest absolute Gasteiger partial charge is 0.355 e. The van der Waals surface area contributed by atoms with Crippen molar-refractivity contribution < 1.29 is 9.59 Å². The Hall–Kier alpha value is -1.14. The van der Waals surface area contributed by atoms with E-state index in [4.69, 9.17) is 0 Å². The molecule has 6 nitrogen and oxygen atoms in total. The van der Waals surface area contributed by atoms with Crippen LogP contribution in [0.3, 0.4) is 0 Å². The van der Waals surface area contributed by atoms with E-state index in [2.05, 4.69) is 49.0 Å². The van der Waals surface area contributed by atoms with Gasteiger partial charge in [-0.05, 0) is 5.92 Å². The van der Waals surface area contributed by atoms with Crippen LogP contribution in [0, 0.1) is 11.8 Å². The number of nitrogens with one attached hydrogen (secondary N) is 4. The van der Waals surface area contributed by atoms with Gasteiger partial charge in [-0.2, -0.15) is 0 Å². The van der Waals surface area contributed by atoms with E-state index in [0.717, 1.165) is 13.1 Å². The van der Waals surface area contributed by atoms with E-state index in [1.807, 2.05) is 13.8 Å². The van der Waals surface area contributed by atoms with Crippen LogP contribution in [0.2, 0.25) is 0 Å². The average Bonchev–Trinajstić information content (AvgIpc) is 2.44. The zero-order valence-electron chi connectivity index (χ0n) is 15.7. The summed E-state index contributed by atoms with van der Waals surface area (Å²) >= 11 is 0. The van der Waals surface area contributed by atoms with E-state index in [1.165, 1.54) is 0 Å². The van der Waals surface area contributed by atoms with Crippen molar-refractivity contribution in [2.45, 2.75) is 60.0 Å². The fourth-order valence-electron chi connectivity index (χ4n) is 2.14. The van der Waals surface area contributed by atoms with Crippen molar-refractivity contribution in [3.8, 4) is 0 Å². The zero-order chi connectivity index (χ0) is 17.8. The smallest absolute Gasteiger partial charge is 0.223 e. The lowest BCUT2D eigenvalue weighted by Gasteiger charge is -2.20. The third-order valence-electron chi connectivity index (χ3n) is 3.52. The van der Waals surface area contributed by atoms with E-state index in [0.29, 0.717) is 25.2 Å². The Morgan fingerprint density at radius 1 is 0.739 bits per heavy atom. The average molecular weight is 329 g/mol. The van der Waals surface area contributed by atoms with Gasteiger partial charge in [0, 0.05) is 50.6 Å². The molecule has 0 bridgehead atoms. The first-order valence-corrected chi connectivity index (χ1v) is 8.75. The predicted molar refractivity (Wildman–Crippen MR) is 95.2 cm³/mol. The van der Waals surface area contributed by atoms with Gasteiger partial charge in [-0.1, -0.05) is 41.5 Å². The molecule has 0 aromatic rings. The first-order chi connectivity index (χ1) is 10.7. The number of hydrogen-bond acceptors (Lipinski definition) is 4. The number of hydrogen-bond donors (Lipinski definition) is 4. The van der Waals surface area contributed by atoms with Crippen LogP contribution in [-0.2, 0) is 9.59 Å². The lowest BCUT2D eigenvalue weighted by atomic mass is 9.91. The lowest BCUT2D eigenvalue weighted by molar-refractivity contribution is -0.131. The molecule has 0 aromatic heterocycles. The molecule has 0 aliphatic carbocycles. The van der Waals surface area contributed by atoms with E-state index < -0.39 is 0 Å². The summed E-state index contributed by atoms with van der Waals surface area (Å²) in [5.41, 5.74) is 0. The Morgan fingerprint density at radius 3 is 1.65 bits per heavy atom. The molecule has 0 spiro atoms. The fraction of sp³-hybridized carbons (Fsp3) is 0.882. The summed E-state index contributed by atoms with van der Waals surface area (Å²) in [4.78, 5) is 24.2. The van der Waals surface area contributed by atoms with Crippen molar-refractivity contribution >= 4 is 11.8 Å². The van der Waals surface area contributed by atoms with E-state index in [9.17, 15) is 9.59 Å². The monoisotopic (exact) mass is 328 g/mol. The van der Waals surface area contributed by atoms with Gasteiger partial charge in [0.05, 0.1) is 0 Å². The highest BCUT2D eigenvalue weighted by atomic mass is 16.2. The summed E-state index contributed by atoms with van der Waals surface area (Å²) in [6.45, 7) is 14.9. The van der Waals surface area contributed by atoms with Crippen LogP contribution >= 0.6 is 0 Å². The minimum Gasteiger partial charge on any atom is -0.355 e. The van der Waals surface area contributed by atoms with Gasteiger partial charge in [-0.3, -0.25) is 9.59 Å². The molecule has 0 heterocycles. The summed E-state index contributed by atoms with van der Waals surface area (Å²) in [5.74, 6) is -0.259. The van der Waals surface area contributed by atoms with Crippen molar-refractivity contribution in [3.05, 3.63) is 0 Å². The molecule has 0 saturated carbocycles. The second-order valence-electron chi connectivity index (χ2n) is 6.91. The number of carbonyl (C=O) groups excluding carboxylic acids is 2. The molecule has 2 amide bonds. The van der Waals surface area contributed by atoms with Crippen molar-refractivity contribution in [3.63, 3.8) is 0 Å².